The van der Waals surface area contributed by atoms with E-state index in [1.54, 1.807) is 30.5 Å². The molecule has 0 radical (unpaired) electrons. The number of hydrogen-bond donors (Lipinski definition) is 1. The highest BCUT2D eigenvalue weighted by atomic mass is 19.1. The lowest BCUT2D eigenvalue weighted by molar-refractivity contribution is 0.425. The van der Waals surface area contributed by atoms with E-state index in [1.165, 1.54) is 12.3 Å². The van der Waals surface area contributed by atoms with Gasteiger partial charge in [-0.3, -0.25) is 0 Å². The Bertz CT molecular complexity index is 741. The largest absolute Gasteiger partial charge is 0.383 e. The van der Waals surface area contributed by atoms with Gasteiger partial charge in [0.25, 0.3) is 0 Å². The number of hydrogen-bond acceptors (Lipinski definition) is 5. The van der Waals surface area contributed by atoms with Crippen molar-refractivity contribution >= 4 is 5.82 Å². The molecule has 0 aliphatic carbocycles. The number of anilines is 1. The van der Waals surface area contributed by atoms with Crippen LogP contribution in [0, 0.1) is 5.95 Å². The van der Waals surface area contributed by atoms with Crippen LogP contribution < -0.4 is 5.73 Å². The Morgan fingerprint density at radius 1 is 1.15 bits per heavy atom. The van der Waals surface area contributed by atoms with Gasteiger partial charge in [-0.1, -0.05) is 5.16 Å². The van der Waals surface area contributed by atoms with E-state index >= 15 is 0 Å². The summed E-state index contributed by atoms with van der Waals surface area (Å²) < 4.78 is 18.3. The minimum absolute atomic E-state index is 0.380. The molecule has 6 heteroatoms. The van der Waals surface area contributed by atoms with Crippen LogP contribution in [0.5, 0.6) is 0 Å². The van der Waals surface area contributed by atoms with Crippen molar-refractivity contribution < 1.29 is 8.91 Å². The van der Waals surface area contributed by atoms with Gasteiger partial charge < -0.3 is 10.3 Å². The Balaban J connectivity index is 1.86. The molecule has 0 amide bonds. The van der Waals surface area contributed by atoms with E-state index in [0.29, 0.717) is 29.3 Å². The number of pyridine rings is 2. The van der Waals surface area contributed by atoms with Crippen LogP contribution in [0.1, 0.15) is 11.3 Å². The first kappa shape index (κ1) is 12.3. The van der Waals surface area contributed by atoms with E-state index in [2.05, 4.69) is 15.1 Å². The molecule has 0 aromatic carbocycles. The van der Waals surface area contributed by atoms with Crippen LogP contribution >= 0.6 is 0 Å². The van der Waals surface area contributed by atoms with Gasteiger partial charge in [-0.25, -0.2) is 9.97 Å². The van der Waals surface area contributed by atoms with Crippen LogP contribution in [-0.2, 0) is 6.42 Å². The van der Waals surface area contributed by atoms with Crippen LogP contribution in [0.4, 0.5) is 10.2 Å². The van der Waals surface area contributed by atoms with Crippen LogP contribution in [0.25, 0.3) is 11.3 Å². The molecule has 0 unspecified atom stereocenters. The standard InChI is InChI=1S/C14H11FN4O/c15-13-7-9(3-5-17-13)6-10-8-12(20-19-10)11-2-1-4-18-14(11)16/h1-5,7-8H,6H2,(H2,16,18). The molecular weight excluding hydrogens is 259 g/mol. The highest BCUT2D eigenvalue weighted by Gasteiger charge is 2.10. The molecule has 0 spiro atoms. The SMILES string of the molecule is Nc1ncccc1-c1cc(Cc2ccnc(F)c2)no1. The third kappa shape index (κ3) is 2.49. The maximum atomic E-state index is 13.0. The summed E-state index contributed by atoms with van der Waals surface area (Å²) in [7, 11) is 0. The summed E-state index contributed by atoms with van der Waals surface area (Å²) in [5.41, 5.74) is 7.93. The monoisotopic (exact) mass is 270 g/mol. The molecule has 0 bridgehead atoms. The predicted molar refractivity (Wildman–Crippen MR) is 71.1 cm³/mol. The molecule has 0 aliphatic heterocycles. The van der Waals surface area contributed by atoms with Crippen molar-refractivity contribution in [1.29, 1.82) is 0 Å². The molecule has 3 heterocycles. The fourth-order valence-electron chi connectivity index (χ4n) is 1.91. The highest BCUT2D eigenvalue weighted by Crippen LogP contribution is 2.25. The molecular formula is C14H11FN4O. The van der Waals surface area contributed by atoms with E-state index < -0.39 is 5.95 Å². The van der Waals surface area contributed by atoms with Crippen LogP contribution in [0.3, 0.4) is 0 Å². The zero-order valence-electron chi connectivity index (χ0n) is 10.5. The molecule has 0 saturated heterocycles. The maximum absolute atomic E-state index is 13.0. The number of nitrogens with zero attached hydrogens (tertiary/aromatic N) is 3. The molecule has 100 valence electrons. The van der Waals surface area contributed by atoms with Gasteiger partial charge in [0.1, 0.15) is 5.82 Å². The van der Waals surface area contributed by atoms with Crippen molar-refractivity contribution in [3.63, 3.8) is 0 Å². The lowest BCUT2D eigenvalue weighted by Crippen LogP contribution is -1.92. The normalized spacial score (nSPS) is 10.7. The summed E-state index contributed by atoms with van der Waals surface area (Å²) >= 11 is 0. The highest BCUT2D eigenvalue weighted by molar-refractivity contribution is 5.69. The van der Waals surface area contributed by atoms with Crippen LogP contribution in [-0.4, -0.2) is 15.1 Å². The molecule has 0 atom stereocenters. The Morgan fingerprint density at radius 3 is 2.85 bits per heavy atom. The van der Waals surface area contributed by atoms with Crippen molar-refractivity contribution in [2.75, 3.05) is 5.73 Å². The van der Waals surface area contributed by atoms with Crippen molar-refractivity contribution in [2.45, 2.75) is 6.42 Å². The first-order valence-corrected chi connectivity index (χ1v) is 5.99. The number of rotatable bonds is 3. The average Bonchev–Trinajstić information content (AvgIpc) is 2.87. The predicted octanol–water partition coefficient (Wildman–Crippen LogP) is 2.44. The molecule has 3 aromatic rings. The lowest BCUT2D eigenvalue weighted by Gasteiger charge is -1.98. The first-order valence-electron chi connectivity index (χ1n) is 5.99. The number of aromatic nitrogens is 3. The summed E-state index contributed by atoms with van der Waals surface area (Å²) in [6, 6.07) is 8.44. The summed E-state index contributed by atoms with van der Waals surface area (Å²) in [5, 5.41) is 3.96. The van der Waals surface area contributed by atoms with E-state index in [0.717, 1.165) is 5.56 Å². The number of nitrogen functional groups attached to an aromatic ring is 1. The summed E-state index contributed by atoms with van der Waals surface area (Å²) in [6.45, 7) is 0. The van der Waals surface area contributed by atoms with Crippen LogP contribution in [0.2, 0.25) is 0 Å². The second-order valence-corrected chi connectivity index (χ2v) is 4.28. The van der Waals surface area contributed by atoms with Crippen molar-refractivity contribution in [3.05, 3.63) is 59.9 Å². The van der Waals surface area contributed by atoms with Crippen molar-refractivity contribution in [2.24, 2.45) is 0 Å². The number of halogens is 1. The molecule has 3 aromatic heterocycles. The Hall–Kier alpha value is -2.76. The van der Waals surface area contributed by atoms with Gasteiger partial charge in [-0.2, -0.15) is 4.39 Å². The van der Waals surface area contributed by atoms with Gasteiger partial charge >= 0.3 is 0 Å². The van der Waals surface area contributed by atoms with E-state index in [1.807, 2.05) is 0 Å². The third-order valence-electron chi connectivity index (χ3n) is 2.84. The van der Waals surface area contributed by atoms with Gasteiger partial charge in [0, 0.05) is 24.9 Å². The lowest BCUT2D eigenvalue weighted by atomic mass is 10.1. The maximum Gasteiger partial charge on any atom is 0.213 e. The fraction of sp³-hybridized carbons (Fsp3) is 0.0714. The molecule has 20 heavy (non-hydrogen) atoms. The van der Waals surface area contributed by atoms with Gasteiger partial charge in [0.2, 0.25) is 5.95 Å². The van der Waals surface area contributed by atoms with Gasteiger partial charge in [-0.15, -0.1) is 0 Å². The van der Waals surface area contributed by atoms with E-state index in [4.69, 9.17) is 10.3 Å². The van der Waals surface area contributed by atoms with E-state index in [9.17, 15) is 4.39 Å². The minimum Gasteiger partial charge on any atom is -0.383 e. The molecule has 0 fully saturated rings. The topological polar surface area (TPSA) is 77.8 Å². The van der Waals surface area contributed by atoms with Gasteiger partial charge in [0.05, 0.1) is 11.3 Å². The quantitative estimate of drug-likeness (QED) is 0.739. The summed E-state index contributed by atoms with van der Waals surface area (Å²) in [6.07, 6.45) is 3.49. The molecule has 5 nitrogen and oxygen atoms in total. The smallest absolute Gasteiger partial charge is 0.213 e. The Labute approximate surface area is 114 Å². The summed E-state index contributed by atoms with van der Waals surface area (Å²) in [5.74, 6) is 0.410. The second-order valence-electron chi connectivity index (χ2n) is 4.28. The third-order valence-corrected chi connectivity index (χ3v) is 2.84. The molecule has 0 aliphatic rings. The van der Waals surface area contributed by atoms with Gasteiger partial charge in [-0.05, 0) is 29.8 Å². The van der Waals surface area contributed by atoms with Crippen molar-refractivity contribution in [3.8, 4) is 11.3 Å². The molecule has 2 N–H and O–H groups in total. The zero-order valence-corrected chi connectivity index (χ0v) is 10.5. The van der Waals surface area contributed by atoms with Crippen molar-refractivity contribution in [1.82, 2.24) is 15.1 Å². The second kappa shape index (κ2) is 5.08. The molecule has 3 rings (SSSR count). The fourth-order valence-corrected chi connectivity index (χ4v) is 1.91. The zero-order chi connectivity index (χ0) is 13.9. The molecule has 0 saturated carbocycles. The van der Waals surface area contributed by atoms with Gasteiger partial charge in [0.15, 0.2) is 5.76 Å². The van der Waals surface area contributed by atoms with E-state index in [-0.39, 0.29) is 0 Å². The summed E-state index contributed by atoms with van der Waals surface area (Å²) in [4.78, 5) is 7.50. The Kier molecular flexibility index (Phi) is 3.12. The Morgan fingerprint density at radius 2 is 2.05 bits per heavy atom. The first-order chi connectivity index (χ1) is 9.72. The number of nitrogens with two attached hydrogens (primary N) is 1. The average molecular weight is 270 g/mol. The van der Waals surface area contributed by atoms with Crippen LogP contribution in [0.15, 0.2) is 47.2 Å². The minimum atomic E-state index is -0.511.